The van der Waals surface area contributed by atoms with E-state index in [4.69, 9.17) is 5.73 Å². The third-order valence-electron chi connectivity index (χ3n) is 3.82. The fourth-order valence-electron chi connectivity index (χ4n) is 2.56. The first-order chi connectivity index (χ1) is 12.0. The number of nitrogens with zero attached hydrogens (tertiary/aromatic N) is 3. The van der Waals surface area contributed by atoms with E-state index in [1.165, 1.54) is 6.07 Å². The highest BCUT2D eigenvalue weighted by molar-refractivity contribution is 14.0. The third kappa shape index (κ3) is 4.81. The molecule has 0 unspecified atom stereocenters. The second-order valence-electron chi connectivity index (χ2n) is 5.83. The molecule has 0 spiro atoms. The maximum absolute atomic E-state index is 14.4. The number of anilines is 1. The summed E-state index contributed by atoms with van der Waals surface area (Å²) in [5, 5.41) is 3.03. The van der Waals surface area contributed by atoms with Gasteiger partial charge in [-0.3, -0.25) is 0 Å². The minimum atomic E-state index is -0.320. The first-order valence-corrected chi connectivity index (χ1v) is 7.95. The Balaban J connectivity index is 0.00000243. The first-order valence-electron chi connectivity index (χ1n) is 7.95. The molecule has 0 atom stereocenters. The minimum Gasteiger partial charge on any atom is -0.370 e. The van der Waals surface area contributed by atoms with Gasteiger partial charge in [-0.25, -0.2) is 14.4 Å². The van der Waals surface area contributed by atoms with Crippen molar-refractivity contribution in [3.05, 3.63) is 77.6 Å². The number of benzene rings is 2. The zero-order chi connectivity index (χ0) is 17.8. The molecule has 5 nitrogen and oxygen atoms in total. The van der Waals surface area contributed by atoms with Gasteiger partial charge in [0.25, 0.3) is 0 Å². The summed E-state index contributed by atoms with van der Waals surface area (Å²) >= 11 is 0. The maximum Gasteiger partial charge on any atom is 0.193 e. The number of halogens is 2. The average molecular weight is 465 g/mol. The van der Waals surface area contributed by atoms with E-state index in [1.54, 1.807) is 23.0 Å². The van der Waals surface area contributed by atoms with Gasteiger partial charge in [0.2, 0.25) is 0 Å². The van der Waals surface area contributed by atoms with Gasteiger partial charge < -0.3 is 15.6 Å². The summed E-state index contributed by atoms with van der Waals surface area (Å²) in [5.74, 6) is 0.704. The Kier molecular flexibility index (Phi) is 6.73. The summed E-state index contributed by atoms with van der Waals surface area (Å²) in [6.45, 7) is 4.13. The molecule has 3 rings (SSSR count). The number of nitrogens with one attached hydrogen (secondary N) is 1. The molecule has 0 radical (unpaired) electrons. The van der Waals surface area contributed by atoms with E-state index in [0.29, 0.717) is 18.2 Å². The molecule has 1 aromatic heterocycles. The van der Waals surface area contributed by atoms with Gasteiger partial charge in [0.05, 0.1) is 12.2 Å². The van der Waals surface area contributed by atoms with Crippen molar-refractivity contribution in [3.63, 3.8) is 0 Å². The van der Waals surface area contributed by atoms with Crippen LogP contribution >= 0.6 is 24.0 Å². The predicted molar refractivity (Wildman–Crippen MR) is 114 cm³/mol. The van der Waals surface area contributed by atoms with Gasteiger partial charge >= 0.3 is 0 Å². The number of hydrogen-bond donors (Lipinski definition) is 2. The van der Waals surface area contributed by atoms with E-state index in [9.17, 15) is 4.39 Å². The average Bonchev–Trinajstić information content (AvgIpc) is 2.99. The summed E-state index contributed by atoms with van der Waals surface area (Å²) in [4.78, 5) is 8.38. The fraction of sp³-hybridized carbons (Fsp3) is 0.158. The lowest BCUT2D eigenvalue weighted by Crippen LogP contribution is -2.22. The molecule has 0 saturated heterocycles. The normalized spacial score (nSPS) is 11.1. The largest absolute Gasteiger partial charge is 0.370 e. The van der Waals surface area contributed by atoms with Crippen molar-refractivity contribution in [2.45, 2.75) is 20.4 Å². The number of aromatic nitrogens is 2. The number of nitrogens with two attached hydrogens (primary N) is 1. The van der Waals surface area contributed by atoms with Crippen LogP contribution in [-0.2, 0) is 6.54 Å². The molecular formula is C19H21FIN5. The number of guanidine groups is 1. The van der Waals surface area contributed by atoms with Gasteiger partial charge in [-0.1, -0.05) is 18.2 Å². The van der Waals surface area contributed by atoms with Crippen LogP contribution in [0.3, 0.4) is 0 Å². The van der Waals surface area contributed by atoms with E-state index in [0.717, 1.165) is 22.6 Å². The molecule has 0 aliphatic rings. The van der Waals surface area contributed by atoms with Crippen molar-refractivity contribution >= 4 is 35.6 Å². The summed E-state index contributed by atoms with van der Waals surface area (Å²) in [6.07, 6.45) is 3.37. The second-order valence-corrected chi connectivity index (χ2v) is 5.83. The minimum absolute atomic E-state index is 0. The third-order valence-corrected chi connectivity index (χ3v) is 3.82. The van der Waals surface area contributed by atoms with Gasteiger partial charge in [-0.05, 0) is 49.2 Å². The monoisotopic (exact) mass is 465 g/mol. The lowest BCUT2D eigenvalue weighted by molar-refractivity contribution is 0.614. The van der Waals surface area contributed by atoms with Gasteiger partial charge in [-0.15, -0.1) is 24.0 Å². The van der Waals surface area contributed by atoms with Crippen molar-refractivity contribution in [2.24, 2.45) is 10.7 Å². The molecular weight excluding hydrogens is 444 g/mol. The van der Waals surface area contributed by atoms with Crippen LogP contribution in [0.1, 0.15) is 17.0 Å². The molecule has 3 N–H and O–H groups in total. The molecule has 0 aliphatic heterocycles. The molecule has 0 fully saturated rings. The van der Waals surface area contributed by atoms with Gasteiger partial charge in [0.1, 0.15) is 11.6 Å². The van der Waals surface area contributed by atoms with Crippen LogP contribution < -0.4 is 11.1 Å². The quantitative estimate of drug-likeness (QED) is 0.345. The Bertz CT molecular complexity index is 920. The van der Waals surface area contributed by atoms with Gasteiger partial charge in [0.15, 0.2) is 5.96 Å². The van der Waals surface area contributed by atoms with Crippen molar-refractivity contribution in [1.29, 1.82) is 0 Å². The molecule has 136 valence electrons. The lowest BCUT2D eigenvalue weighted by Gasteiger charge is -2.09. The highest BCUT2D eigenvalue weighted by atomic mass is 127. The van der Waals surface area contributed by atoms with E-state index in [-0.39, 0.29) is 29.8 Å². The number of hydrogen-bond acceptors (Lipinski definition) is 2. The predicted octanol–water partition coefficient (Wildman–Crippen LogP) is 4.17. The Hall–Kier alpha value is -2.42. The highest BCUT2D eigenvalue weighted by Gasteiger charge is 2.07. The van der Waals surface area contributed by atoms with Crippen molar-refractivity contribution in [2.75, 3.05) is 5.32 Å². The molecule has 1 heterocycles. The molecule has 2 aromatic carbocycles. The van der Waals surface area contributed by atoms with Crippen LogP contribution in [0.4, 0.5) is 10.1 Å². The standard InChI is InChI=1S/C19H20FN5.HI/c1-13-4-3-5-16(10-13)24-19(21)23-12-15-6-7-18(17(20)11-15)25-9-8-22-14(25)2;/h3-11H,12H2,1-2H3,(H3,21,23,24);1H. The zero-order valence-corrected chi connectivity index (χ0v) is 16.9. The van der Waals surface area contributed by atoms with Crippen LogP contribution in [0.15, 0.2) is 59.9 Å². The lowest BCUT2D eigenvalue weighted by atomic mass is 10.2. The van der Waals surface area contributed by atoms with Crippen LogP contribution in [0.25, 0.3) is 5.69 Å². The summed E-state index contributed by atoms with van der Waals surface area (Å²) in [5.41, 5.74) is 9.11. The molecule has 26 heavy (non-hydrogen) atoms. The molecule has 3 aromatic rings. The number of rotatable bonds is 4. The fourth-order valence-corrected chi connectivity index (χ4v) is 2.56. The van der Waals surface area contributed by atoms with E-state index in [1.807, 2.05) is 44.2 Å². The summed E-state index contributed by atoms with van der Waals surface area (Å²) in [6, 6.07) is 12.9. The summed E-state index contributed by atoms with van der Waals surface area (Å²) in [7, 11) is 0. The first kappa shape index (κ1) is 19.9. The summed E-state index contributed by atoms with van der Waals surface area (Å²) < 4.78 is 16.1. The van der Waals surface area contributed by atoms with Gasteiger partial charge in [0, 0.05) is 18.1 Å². The van der Waals surface area contributed by atoms with E-state index < -0.39 is 0 Å². The number of aliphatic imine (C=N–C) groups is 1. The number of aryl methyl sites for hydroxylation is 2. The molecule has 0 saturated carbocycles. The number of imidazole rings is 1. The van der Waals surface area contributed by atoms with Crippen molar-refractivity contribution in [1.82, 2.24) is 9.55 Å². The van der Waals surface area contributed by atoms with Crippen LogP contribution in [0.5, 0.6) is 0 Å². The molecule has 7 heteroatoms. The van der Waals surface area contributed by atoms with Crippen LogP contribution in [0.2, 0.25) is 0 Å². The molecule has 0 bridgehead atoms. The van der Waals surface area contributed by atoms with Crippen molar-refractivity contribution in [3.8, 4) is 5.69 Å². The van der Waals surface area contributed by atoms with Crippen LogP contribution in [0, 0.1) is 19.7 Å². The second kappa shape index (κ2) is 8.79. The highest BCUT2D eigenvalue weighted by Crippen LogP contribution is 2.17. The maximum atomic E-state index is 14.4. The van der Waals surface area contributed by atoms with E-state index in [2.05, 4.69) is 15.3 Å². The topological polar surface area (TPSA) is 68.2 Å². The van der Waals surface area contributed by atoms with Crippen LogP contribution in [-0.4, -0.2) is 15.5 Å². The Morgan fingerprint density at radius 2 is 2.04 bits per heavy atom. The smallest absolute Gasteiger partial charge is 0.193 e. The molecule has 0 amide bonds. The van der Waals surface area contributed by atoms with Gasteiger partial charge in [-0.2, -0.15) is 0 Å². The Morgan fingerprint density at radius 1 is 1.23 bits per heavy atom. The van der Waals surface area contributed by atoms with Crippen molar-refractivity contribution < 1.29 is 4.39 Å². The zero-order valence-electron chi connectivity index (χ0n) is 14.6. The Labute approximate surface area is 169 Å². The van der Waals surface area contributed by atoms with E-state index >= 15 is 0 Å². The SMILES string of the molecule is Cc1cccc(NC(N)=NCc2ccc(-n3ccnc3C)c(F)c2)c1.I. The molecule has 0 aliphatic carbocycles. The Morgan fingerprint density at radius 3 is 2.69 bits per heavy atom.